The summed E-state index contributed by atoms with van der Waals surface area (Å²) in [7, 11) is 0. The highest BCUT2D eigenvalue weighted by atomic mass is 32.1. The fourth-order valence-electron chi connectivity index (χ4n) is 1.86. The molecule has 0 atom stereocenters. The number of aromatic nitrogens is 1. The molecule has 0 unspecified atom stereocenters. The number of hydrogen-bond acceptors (Lipinski definition) is 5. The lowest BCUT2D eigenvalue weighted by Gasteiger charge is -2.09. The van der Waals surface area contributed by atoms with Gasteiger partial charge in [-0.3, -0.25) is 4.79 Å². The Bertz CT molecular complexity index is 798. The number of carbonyl (C=O) groups excluding carboxylic acids is 1. The molecule has 0 bridgehead atoms. The molecule has 3 aromatic rings. The molecule has 1 heterocycles. The summed E-state index contributed by atoms with van der Waals surface area (Å²) in [5.74, 6) is 0.506. The maximum Gasteiger partial charge on any atom is 0.248 e. The number of primary amides is 1. The lowest BCUT2D eigenvalue weighted by atomic mass is 10.2. The average molecular weight is 285 g/mol. The minimum atomic E-state index is -0.502. The van der Waals surface area contributed by atoms with Crippen molar-refractivity contribution in [3.63, 3.8) is 0 Å². The Hall–Kier alpha value is -2.60. The zero-order valence-corrected chi connectivity index (χ0v) is 11.2. The third-order valence-electron chi connectivity index (χ3n) is 2.85. The SMILES string of the molecule is NC(=O)c1cccc(Oc2ccc3scnc3c2N)c1. The van der Waals surface area contributed by atoms with Crippen LogP contribution in [0.4, 0.5) is 5.69 Å². The molecule has 0 aliphatic rings. The minimum absolute atomic E-state index is 0.385. The summed E-state index contributed by atoms with van der Waals surface area (Å²) < 4.78 is 6.71. The van der Waals surface area contributed by atoms with Crippen LogP contribution in [0.1, 0.15) is 10.4 Å². The van der Waals surface area contributed by atoms with Gasteiger partial charge in [0, 0.05) is 5.56 Å². The van der Waals surface area contributed by atoms with E-state index in [2.05, 4.69) is 4.98 Å². The molecule has 20 heavy (non-hydrogen) atoms. The van der Waals surface area contributed by atoms with E-state index in [9.17, 15) is 4.79 Å². The van der Waals surface area contributed by atoms with Crippen LogP contribution in [-0.4, -0.2) is 10.9 Å². The Morgan fingerprint density at radius 2 is 2.10 bits per heavy atom. The van der Waals surface area contributed by atoms with Gasteiger partial charge in [-0.1, -0.05) is 6.07 Å². The van der Waals surface area contributed by atoms with Crippen molar-refractivity contribution < 1.29 is 9.53 Å². The predicted octanol–water partition coefficient (Wildman–Crippen LogP) is 2.77. The van der Waals surface area contributed by atoms with Crippen LogP contribution in [0.15, 0.2) is 41.9 Å². The molecule has 0 spiro atoms. The van der Waals surface area contributed by atoms with E-state index in [4.69, 9.17) is 16.2 Å². The second-order valence-electron chi connectivity index (χ2n) is 4.17. The van der Waals surface area contributed by atoms with E-state index in [1.54, 1.807) is 35.8 Å². The molecule has 6 heteroatoms. The number of rotatable bonds is 3. The summed E-state index contributed by atoms with van der Waals surface area (Å²) in [6.07, 6.45) is 0. The van der Waals surface area contributed by atoms with Crippen LogP contribution in [-0.2, 0) is 0 Å². The van der Waals surface area contributed by atoms with Gasteiger partial charge in [0.1, 0.15) is 17.0 Å². The van der Waals surface area contributed by atoms with E-state index in [1.165, 1.54) is 11.3 Å². The van der Waals surface area contributed by atoms with Crippen molar-refractivity contribution in [2.75, 3.05) is 5.73 Å². The maximum absolute atomic E-state index is 11.1. The van der Waals surface area contributed by atoms with Gasteiger partial charge in [-0.15, -0.1) is 11.3 Å². The van der Waals surface area contributed by atoms with Crippen molar-refractivity contribution in [2.24, 2.45) is 5.73 Å². The third-order valence-corrected chi connectivity index (χ3v) is 3.64. The molecule has 0 saturated heterocycles. The van der Waals surface area contributed by atoms with Crippen LogP contribution in [0.3, 0.4) is 0 Å². The summed E-state index contributed by atoms with van der Waals surface area (Å²) in [6, 6.07) is 10.3. The van der Waals surface area contributed by atoms with Gasteiger partial charge in [0.25, 0.3) is 0 Å². The van der Waals surface area contributed by atoms with Gasteiger partial charge in [0.2, 0.25) is 5.91 Å². The van der Waals surface area contributed by atoms with Gasteiger partial charge in [-0.25, -0.2) is 4.98 Å². The molecular formula is C14H11N3O2S. The maximum atomic E-state index is 11.1. The molecule has 0 aliphatic heterocycles. The van der Waals surface area contributed by atoms with Crippen LogP contribution in [0.2, 0.25) is 0 Å². The zero-order chi connectivity index (χ0) is 14.1. The normalized spacial score (nSPS) is 10.6. The van der Waals surface area contributed by atoms with Crippen molar-refractivity contribution in [3.8, 4) is 11.5 Å². The Labute approximate surface area is 118 Å². The Kier molecular flexibility index (Phi) is 3.00. The van der Waals surface area contributed by atoms with E-state index in [0.29, 0.717) is 22.7 Å². The molecule has 1 amide bonds. The van der Waals surface area contributed by atoms with E-state index >= 15 is 0 Å². The van der Waals surface area contributed by atoms with Crippen molar-refractivity contribution in [1.29, 1.82) is 0 Å². The van der Waals surface area contributed by atoms with Crippen LogP contribution in [0.25, 0.3) is 10.2 Å². The van der Waals surface area contributed by atoms with E-state index in [0.717, 1.165) is 10.2 Å². The number of thiazole rings is 1. The first-order chi connectivity index (χ1) is 9.65. The molecule has 100 valence electrons. The number of carbonyl (C=O) groups is 1. The third kappa shape index (κ3) is 2.17. The monoisotopic (exact) mass is 285 g/mol. The second-order valence-corrected chi connectivity index (χ2v) is 5.06. The highest BCUT2D eigenvalue weighted by Crippen LogP contribution is 2.34. The summed E-state index contributed by atoms with van der Waals surface area (Å²) in [4.78, 5) is 15.4. The van der Waals surface area contributed by atoms with Gasteiger partial charge in [0.05, 0.1) is 10.2 Å². The van der Waals surface area contributed by atoms with Crippen LogP contribution in [0.5, 0.6) is 11.5 Å². The summed E-state index contributed by atoms with van der Waals surface area (Å²) in [5.41, 5.74) is 14.6. The van der Waals surface area contributed by atoms with Crippen molar-refractivity contribution in [3.05, 3.63) is 47.5 Å². The number of hydrogen-bond donors (Lipinski definition) is 2. The number of nitrogens with two attached hydrogens (primary N) is 2. The molecule has 4 N–H and O–H groups in total. The van der Waals surface area contributed by atoms with Gasteiger partial charge in [-0.2, -0.15) is 0 Å². The topological polar surface area (TPSA) is 91.2 Å². The molecule has 3 rings (SSSR count). The number of fused-ring (bicyclic) bond motifs is 1. The minimum Gasteiger partial charge on any atom is -0.455 e. The highest BCUT2D eigenvalue weighted by molar-refractivity contribution is 7.16. The van der Waals surface area contributed by atoms with Crippen molar-refractivity contribution in [1.82, 2.24) is 4.98 Å². The second kappa shape index (κ2) is 4.82. The van der Waals surface area contributed by atoms with Crippen molar-refractivity contribution >= 4 is 33.1 Å². The fraction of sp³-hybridized carbons (Fsp3) is 0. The van der Waals surface area contributed by atoms with Crippen LogP contribution >= 0.6 is 11.3 Å². The quantitative estimate of drug-likeness (QED) is 0.724. The number of amides is 1. The first kappa shape index (κ1) is 12.4. The summed E-state index contributed by atoms with van der Waals surface area (Å²) in [6.45, 7) is 0. The Morgan fingerprint density at radius 3 is 2.90 bits per heavy atom. The summed E-state index contributed by atoms with van der Waals surface area (Å²) >= 11 is 1.51. The lowest BCUT2D eigenvalue weighted by molar-refractivity contribution is 0.1000. The first-order valence-corrected chi connectivity index (χ1v) is 6.72. The average Bonchev–Trinajstić information content (AvgIpc) is 2.91. The Morgan fingerprint density at radius 1 is 1.25 bits per heavy atom. The molecule has 1 aromatic heterocycles. The molecule has 0 aliphatic carbocycles. The lowest BCUT2D eigenvalue weighted by Crippen LogP contribution is -2.10. The fourth-order valence-corrected chi connectivity index (χ4v) is 2.56. The van der Waals surface area contributed by atoms with E-state index in [1.807, 2.05) is 6.07 Å². The standard InChI is InChI=1S/C14H11N3O2S/c15-12-10(4-5-11-13(12)17-7-20-11)19-9-3-1-2-8(6-9)14(16)18/h1-7H,15H2,(H2,16,18). The molecule has 5 nitrogen and oxygen atoms in total. The zero-order valence-electron chi connectivity index (χ0n) is 10.4. The van der Waals surface area contributed by atoms with Crippen LogP contribution in [0, 0.1) is 0 Å². The number of nitrogens with zero attached hydrogens (tertiary/aromatic N) is 1. The van der Waals surface area contributed by atoms with E-state index in [-0.39, 0.29) is 0 Å². The molecule has 0 fully saturated rings. The van der Waals surface area contributed by atoms with E-state index < -0.39 is 5.91 Å². The van der Waals surface area contributed by atoms with Crippen LogP contribution < -0.4 is 16.2 Å². The number of nitrogen functional groups attached to an aromatic ring is 1. The molecular weight excluding hydrogens is 274 g/mol. The molecule has 2 aromatic carbocycles. The Balaban J connectivity index is 1.98. The van der Waals surface area contributed by atoms with Gasteiger partial charge >= 0.3 is 0 Å². The first-order valence-electron chi connectivity index (χ1n) is 5.84. The largest absolute Gasteiger partial charge is 0.455 e. The van der Waals surface area contributed by atoms with Gasteiger partial charge in [-0.05, 0) is 30.3 Å². The van der Waals surface area contributed by atoms with Gasteiger partial charge < -0.3 is 16.2 Å². The summed E-state index contributed by atoms with van der Waals surface area (Å²) in [5, 5.41) is 0. The van der Waals surface area contributed by atoms with Gasteiger partial charge in [0.15, 0.2) is 5.75 Å². The van der Waals surface area contributed by atoms with Crippen molar-refractivity contribution in [2.45, 2.75) is 0 Å². The smallest absolute Gasteiger partial charge is 0.248 e. The highest BCUT2D eigenvalue weighted by Gasteiger charge is 2.09. The molecule has 0 saturated carbocycles. The number of ether oxygens (including phenoxy) is 1. The predicted molar refractivity (Wildman–Crippen MR) is 79.1 cm³/mol. The number of anilines is 1. The molecule has 0 radical (unpaired) electrons. The number of benzene rings is 2.